The summed E-state index contributed by atoms with van der Waals surface area (Å²) in [5, 5.41) is 6.87. The standard InChI is InChI=1S/C17H15BrN4O2/c1-22-7-6-16(21-22)20-17(23)11-8-12(18)10-15(9-11)24-14-4-2-13(19)3-5-14/h2-10H,19H2,1H3,(H,20,21,23). The van der Waals surface area contributed by atoms with E-state index in [2.05, 4.69) is 26.3 Å². The number of aromatic nitrogens is 2. The summed E-state index contributed by atoms with van der Waals surface area (Å²) in [4.78, 5) is 12.4. The summed E-state index contributed by atoms with van der Waals surface area (Å²) in [6.45, 7) is 0. The Morgan fingerprint density at radius 2 is 1.92 bits per heavy atom. The first kappa shape index (κ1) is 16.1. The second-order valence-corrected chi connectivity index (χ2v) is 6.09. The Morgan fingerprint density at radius 1 is 1.17 bits per heavy atom. The van der Waals surface area contributed by atoms with Gasteiger partial charge in [-0.25, -0.2) is 0 Å². The van der Waals surface area contributed by atoms with Crippen molar-refractivity contribution in [3.63, 3.8) is 0 Å². The summed E-state index contributed by atoms with van der Waals surface area (Å²) >= 11 is 3.40. The molecule has 0 saturated heterocycles. The molecule has 0 fully saturated rings. The van der Waals surface area contributed by atoms with Crippen LogP contribution in [0.25, 0.3) is 0 Å². The lowest BCUT2D eigenvalue weighted by molar-refractivity contribution is 0.102. The minimum absolute atomic E-state index is 0.267. The molecule has 0 aliphatic carbocycles. The van der Waals surface area contributed by atoms with Gasteiger partial charge in [0.1, 0.15) is 11.5 Å². The molecule has 0 radical (unpaired) electrons. The molecule has 24 heavy (non-hydrogen) atoms. The number of hydrogen-bond acceptors (Lipinski definition) is 4. The third kappa shape index (κ3) is 3.94. The van der Waals surface area contributed by atoms with E-state index >= 15 is 0 Å². The fraction of sp³-hybridized carbons (Fsp3) is 0.0588. The SMILES string of the molecule is Cn1ccc(NC(=O)c2cc(Br)cc(Oc3ccc(N)cc3)c2)n1. The Bertz CT molecular complexity index is 875. The molecule has 1 aromatic heterocycles. The van der Waals surface area contributed by atoms with E-state index in [1.54, 1.807) is 66.5 Å². The summed E-state index contributed by atoms with van der Waals surface area (Å²) in [5.74, 6) is 1.40. The van der Waals surface area contributed by atoms with Crippen molar-refractivity contribution >= 4 is 33.3 Å². The number of nitrogens with zero attached hydrogens (tertiary/aromatic N) is 2. The van der Waals surface area contributed by atoms with E-state index < -0.39 is 0 Å². The number of amides is 1. The lowest BCUT2D eigenvalue weighted by Gasteiger charge is -2.09. The van der Waals surface area contributed by atoms with Crippen LogP contribution in [0.15, 0.2) is 59.2 Å². The third-order valence-electron chi connectivity index (χ3n) is 3.20. The number of nitrogens with one attached hydrogen (secondary N) is 1. The number of rotatable bonds is 4. The van der Waals surface area contributed by atoms with Gasteiger partial charge in [0.25, 0.3) is 5.91 Å². The predicted octanol–water partition coefficient (Wildman–Crippen LogP) is 3.81. The number of carbonyl (C=O) groups excluding carboxylic acids is 1. The first-order chi connectivity index (χ1) is 11.5. The number of halogens is 1. The highest BCUT2D eigenvalue weighted by atomic mass is 79.9. The first-order valence-corrected chi connectivity index (χ1v) is 7.94. The van der Waals surface area contributed by atoms with Crippen molar-refractivity contribution in [3.05, 3.63) is 64.8 Å². The minimum Gasteiger partial charge on any atom is -0.457 e. The fourth-order valence-corrected chi connectivity index (χ4v) is 2.57. The van der Waals surface area contributed by atoms with Gasteiger partial charge in [-0.1, -0.05) is 15.9 Å². The zero-order valence-corrected chi connectivity index (χ0v) is 14.4. The van der Waals surface area contributed by atoms with Crippen LogP contribution in [0, 0.1) is 0 Å². The Labute approximate surface area is 147 Å². The minimum atomic E-state index is -0.267. The maximum Gasteiger partial charge on any atom is 0.257 e. The second kappa shape index (κ2) is 6.76. The van der Waals surface area contributed by atoms with Gasteiger partial charge in [-0.05, 0) is 42.5 Å². The highest BCUT2D eigenvalue weighted by molar-refractivity contribution is 9.10. The van der Waals surface area contributed by atoms with Gasteiger partial charge in [0.2, 0.25) is 0 Å². The van der Waals surface area contributed by atoms with E-state index in [1.165, 1.54) is 0 Å². The smallest absolute Gasteiger partial charge is 0.257 e. The molecule has 1 heterocycles. The van der Waals surface area contributed by atoms with Crippen molar-refractivity contribution in [2.24, 2.45) is 7.05 Å². The van der Waals surface area contributed by atoms with Crippen molar-refractivity contribution in [1.82, 2.24) is 9.78 Å². The van der Waals surface area contributed by atoms with Crippen LogP contribution in [-0.4, -0.2) is 15.7 Å². The molecule has 7 heteroatoms. The highest BCUT2D eigenvalue weighted by Crippen LogP contribution is 2.27. The van der Waals surface area contributed by atoms with Crippen LogP contribution >= 0.6 is 15.9 Å². The van der Waals surface area contributed by atoms with Gasteiger partial charge in [-0.2, -0.15) is 5.10 Å². The number of carbonyl (C=O) groups is 1. The summed E-state index contributed by atoms with van der Waals surface area (Å²) in [7, 11) is 1.79. The van der Waals surface area contributed by atoms with E-state index in [4.69, 9.17) is 10.5 Å². The molecule has 3 aromatic rings. The Hall–Kier alpha value is -2.80. The highest BCUT2D eigenvalue weighted by Gasteiger charge is 2.11. The predicted molar refractivity (Wildman–Crippen MR) is 96.2 cm³/mol. The largest absolute Gasteiger partial charge is 0.457 e. The van der Waals surface area contributed by atoms with Crippen molar-refractivity contribution < 1.29 is 9.53 Å². The summed E-state index contributed by atoms with van der Waals surface area (Å²) in [6, 6.07) is 13.9. The van der Waals surface area contributed by atoms with E-state index in [-0.39, 0.29) is 5.91 Å². The normalized spacial score (nSPS) is 10.4. The fourth-order valence-electron chi connectivity index (χ4n) is 2.09. The molecule has 0 aliphatic heterocycles. The molecule has 0 atom stereocenters. The van der Waals surface area contributed by atoms with Crippen molar-refractivity contribution in [2.75, 3.05) is 11.1 Å². The molecule has 122 valence electrons. The maximum absolute atomic E-state index is 12.4. The van der Waals surface area contributed by atoms with Crippen molar-refractivity contribution in [1.29, 1.82) is 0 Å². The number of nitrogens with two attached hydrogens (primary N) is 1. The van der Waals surface area contributed by atoms with Gasteiger partial charge in [-0.15, -0.1) is 0 Å². The molecule has 0 saturated carbocycles. The zero-order valence-electron chi connectivity index (χ0n) is 12.9. The van der Waals surface area contributed by atoms with E-state index in [0.29, 0.717) is 28.6 Å². The Balaban J connectivity index is 1.80. The first-order valence-electron chi connectivity index (χ1n) is 7.14. The number of benzene rings is 2. The van der Waals surface area contributed by atoms with Gasteiger partial charge < -0.3 is 15.8 Å². The summed E-state index contributed by atoms with van der Waals surface area (Å²) < 4.78 is 8.13. The van der Waals surface area contributed by atoms with Gasteiger partial charge in [0, 0.05) is 35.0 Å². The monoisotopic (exact) mass is 386 g/mol. The number of aryl methyl sites for hydroxylation is 1. The quantitative estimate of drug-likeness (QED) is 0.667. The summed E-state index contributed by atoms with van der Waals surface area (Å²) in [6.07, 6.45) is 1.76. The average molecular weight is 387 g/mol. The van der Waals surface area contributed by atoms with Crippen LogP contribution in [0.2, 0.25) is 0 Å². The van der Waals surface area contributed by atoms with E-state index in [9.17, 15) is 4.79 Å². The zero-order chi connectivity index (χ0) is 17.1. The third-order valence-corrected chi connectivity index (χ3v) is 3.66. The molecule has 3 N–H and O–H groups in total. The molecule has 0 unspecified atom stereocenters. The average Bonchev–Trinajstić information content (AvgIpc) is 2.94. The summed E-state index contributed by atoms with van der Waals surface area (Å²) in [5.41, 5.74) is 6.78. The molecular formula is C17H15BrN4O2. The van der Waals surface area contributed by atoms with Crippen LogP contribution in [0.5, 0.6) is 11.5 Å². The van der Waals surface area contributed by atoms with E-state index in [1.807, 2.05) is 0 Å². The lowest BCUT2D eigenvalue weighted by atomic mass is 10.2. The molecule has 0 spiro atoms. The molecule has 3 rings (SSSR count). The second-order valence-electron chi connectivity index (χ2n) is 5.18. The van der Waals surface area contributed by atoms with Crippen molar-refractivity contribution in [2.45, 2.75) is 0 Å². The van der Waals surface area contributed by atoms with Gasteiger partial charge in [-0.3, -0.25) is 9.48 Å². The number of nitrogen functional groups attached to an aromatic ring is 1. The molecule has 2 aromatic carbocycles. The number of anilines is 2. The topological polar surface area (TPSA) is 82.2 Å². The van der Waals surface area contributed by atoms with Crippen molar-refractivity contribution in [3.8, 4) is 11.5 Å². The van der Waals surface area contributed by atoms with Gasteiger partial charge in [0.15, 0.2) is 5.82 Å². The molecule has 0 bridgehead atoms. The Morgan fingerprint density at radius 3 is 2.58 bits per heavy atom. The maximum atomic E-state index is 12.4. The van der Waals surface area contributed by atoms with Gasteiger partial charge in [0.05, 0.1) is 0 Å². The number of hydrogen-bond donors (Lipinski definition) is 2. The van der Waals surface area contributed by atoms with Crippen LogP contribution in [0.4, 0.5) is 11.5 Å². The molecule has 0 aliphatic rings. The van der Waals surface area contributed by atoms with Gasteiger partial charge >= 0.3 is 0 Å². The molecular weight excluding hydrogens is 372 g/mol. The Kier molecular flexibility index (Phi) is 4.52. The van der Waals surface area contributed by atoms with Crippen LogP contribution in [0.1, 0.15) is 10.4 Å². The van der Waals surface area contributed by atoms with Crippen LogP contribution in [-0.2, 0) is 7.05 Å². The number of ether oxygens (including phenoxy) is 1. The molecule has 1 amide bonds. The van der Waals surface area contributed by atoms with Crippen LogP contribution in [0.3, 0.4) is 0 Å². The van der Waals surface area contributed by atoms with E-state index in [0.717, 1.165) is 4.47 Å². The van der Waals surface area contributed by atoms with Crippen LogP contribution < -0.4 is 15.8 Å². The molecule has 6 nitrogen and oxygen atoms in total. The lowest BCUT2D eigenvalue weighted by Crippen LogP contribution is -2.12.